The van der Waals surface area contributed by atoms with Crippen molar-refractivity contribution in [2.24, 2.45) is 17.5 Å². The van der Waals surface area contributed by atoms with Gasteiger partial charge in [0.1, 0.15) is 11.7 Å². The van der Waals surface area contributed by atoms with Gasteiger partial charge in [0.25, 0.3) is 5.91 Å². The molecule has 4 N–H and O–H groups in total. The van der Waals surface area contributed by atoms with E-state index >= 15 is 0 Å². The Morgan fingerprint density at radius 3 is 2.50 bits per heavy atom. The van der Waals surface area contributed by atoms with Gasteiger partial charge >= 0.3 is 0 Å². The summed E-state index contributed by atoms with van der Waals surface area (Å²) in [7, 11) is 3.29. The second-order valence-corrected chi connectivity index (χ2v) is 11.1. The number of allylic oxidation sites excluding steroid dienone is 1. The molecule has 10 nitrogen and oxygen atoms in total. The van der Waals surface area contributed by atoms with E-state index in [4.69, 9.17) is 26.0 Å². The second kappa shape index (κ2) is 11.2. The molecule has 2 saturated heterocycles. The molecule has 0 radical (unpaired) electrons. The number of hydrogen-bond acceptors (Lipinski definition) is 8. The second-order valence-electron chi connectivity index (χ2n) is 11.1. The van der Waals surface area contributed by atoms with Gasteiger partial charge < -0.3 is 29.7 Å². The van der Waals surface area contributed by atoms with E-state index < -0.39 is 6.17 Å². The van der Waals surface area contributed by atoms with Gasteiger partial charge in [-0.25, -0.2) is 15.2 Å². The zero-order chi connectivity index (χ0) is 29.5. The lowest BCUT2D eigenvalue weighted by Gasteiger charge is -2.35. The van der Waals surface area contributed by atoms with E-state index in [-0.39, 0.29) is 31.0 Å². The maximum atomic E-state index is 13.9. The van der Waals surface area contributed by atoms with E-state index in [0.717, 1.165) is 29.5 Å². The third-order valence-electron chi connectivity index (χ3n) is 8.30. The number of benzene rings is 1. The summed E-state index contributed by atoms with van der Waals surface area (Å²) < 4.78 is 27.6. The highest BCUT2D eigenvalue weighted by molar-refractivity contribution is 6.16. The quantitative estimate of drug-likeness (QED) is 0.252. The molecular formula is C31H36FN7O3. The van der Waals surface area contributed by atoms with Crippen LogP contribution >= 0.6 is 0 Å². The minimum absolute atomic E-state index is 0.0594. The summed E-state index contributed by atoms with van der Waals surface area (Å²) in [5.41, 5.74) is 11.7. The van der Waals surface area contributed by atoms with Crippen LogP contribution < -0.4 is 16.3 Å². The monoisotopic (exact) mass is 573 g/mol. The van der Waals surface area contributed by atoms with Gasteiger partial charge in [0.15, 0.2) is 0 Å². The average Bonchev–Trinajstić information content (AvgIpc) is 3.30. The number of rotatable bonds is 7. The summed E-state index contributed by atoms with van der Waals surface area (Å²) in [6.07, 6.45) is 3.93. The van der Waals surface area contributed by atoms with E-state index in [1.165, 1.54) is 9.91 Å². The largest absolute Gasteiger partial charge is 0.480 e. The SMILES string of the molecule is COc1ncc(C(=O)N2CC(F)C2)c2c1c1ncc(/C(=C(\C)N)N(C)N)cc1n2[C@H](c1ccccc1)C1CCOCC1. The number of fused-ring (bicyclic) bond motifs is 3. The van der Waals surface area contributed by atoms with Gasteiger partial charge in [-0.1, -0.05) is 30.3 Å². The topological polar surface area (TPSA) is 125 Å². The van der Waals surface area contributed by atoms with E-state index in [1.54, 1.807) is 33.5 Å². The number of carbonyl (C=O) groups is 1. The van der Waals surface area contributed by atoms with Crippen LogP contribution in [0, 0.1) is 5.92 Å². The predicted molar refractivity (Wildman–Crippen MR) is 159 cm³/mol. The molecule has 1 amide bonds. The van der Waals surface area contributed by atoms with E-state index in [1.807, 2.05) is 24.3 Å². The van der Waals surface area contributed by atoms with Gasteiger partial charge in [-0.2, -0.15) is 0 Å². The summed E-state index contributed by atoms with van der Waals surface area (Å²) in [6, 6.07) is 12.1. The Kier molecular flexibility index (Phi) is 7.46. The van der Waals surface area contributed by atoms with Crippen LogP contribution in [0.4, 0.5) is 4.39 Å². The molecule has 4 aromatic rings. The third kappa shape index (κ3) is 4.72. The highest BCUT2D eigenvalue weighted by Gasteiger charge is 2.36. The maximum absolute atomic E-state index is 13.9. The molecule has 0 saturated carbocycles. The van der Waals surface area contributed by atoms with Crippen LogP contribution in [0.2, 0.25) is 0 Å². The highest BCUT2D eigenvalue weighted by atomic mass is 19.1. The lowest BCUT2D eigenvalue weighted by Crippen LogP contribution is -2.51. The maximum Gasteiger partial charge on any atom is 0.257 e. The number of nitrogens with zero attached hydrogens (tertiary/aromatic N) is 5. The molecule has 0 unspecified atom stereocenters. The fraction of sp³-hybridized carbons (Fsp3) is 0.387. The van der Waals surface area contributed by atoms with Crippen molar-refractivity contribution >= 4 is 33.5 Å². The summed E-state index contributed by atoms with van der Waals surface area (Å²) >= 11 is 0. The number of alkyl halides is 1. The van der Waals surface area contributed by atoms with Gasteiger partial charge in [0.05, 0.1) is 53.9 Å². The summed E-state index contributed by atoms with van der Waals surface area (Å²) in [5.74, 6) is 6.50. The van der Waals surface area contributed by atoms with Gasteiger partial charge in [-0.15, -0.1) is 0 Å². The Bertz CT molecular complexity index is 1650. The first-order valence-corrected chi connectivity index (χ1v) is 14.2. The minimum atomic E-state index is -1.02. The Morgan fingerprint density at radius 1 is 1.17 bits per heavy atom. The predicted octanol–water partition coefficient (Wildman–Crippen LogP) is 3.86. The number of nitrogens with two attached hydrogens (primary N) is 2. The first-order valence-electron chi connectivity index (χ1n) is 14.2. The average molecular weight is 574 g/mol. The Morgan fingerprint density at radius 2 is 1.88 bits per heavy atom. The number of halogens is 1. The molecule has 2 fully saturated rings. The Hall–Kier alpha value is -4.22. The van der Waals surface area contributed by atoms with Crippen LogP contribution in [0.1, 0.15) is 47.3 Å². The van der Waals surface area contributed by atoms with Gasteiger partial charge in [0.2, 0.25) is 5.88 Å². The Balaban J connectivity index is 1.73. The number of amides is 1. The molecule has 0 spiro atoms. The molecule has 1 atom stereocenters. The Labute approximate surface area is 243 Å². The van der Waals surface area contributed by atoms with Crippen LogP contribution in [0.25, 0.3) is 27.6 Å². The molecule has 220 valence electrons. The van der Waals surface area contributed by atoms with Crippen molar-refractivity contribution in [1.82, 2.24) is 24.4 Å². The fourth-order valence-electron chi connectivity index (χ4n) is 6.41. The van der Waals surface area contributed by atoms with Crippen molar-refractivity contribution in [1.29, 1.82) is 0 Å². The van der Waals surface area contributed by atoms with Crippen molar-refractivity contribution in [3.05, 3.63) is 71.2 Å². The van der Waals surface area contributed by atoms with Crippen LogP contribution in [0.3, 0.4) is 0 Å². The molecule has 5 heterocycles. The molecule has 1 aromatic carbocycles. The summed E-state index contributed by atoms with van der Waals surface area (Å²) in [6.45, 7) is 3.21. The standard InChI is InChI=1S/C31H36FN7O3/c1-18(33)27(37(2)34)21-13-24-26(35-14-21)25-29(23(15-36-30(25)41-3)31(40)38-16-22(32)17-38)39(24)28(19-7-5-4-6-8-19)20-9-11-42-12-10-20/h4-8,13-15,20,22,28H,9-12,16-17,33-34H2,1-3H3/b27-18-/t28-/m1/s1. The van der Waals surface area contributed by atoms with Crippen LogP contribution in [-0.4, -0.2) is 77.0 Å². The van der Waals surface area contributed by atoms with Gasteiger partial charge in [-0.3, -0.25) is 9.78 Å². The number of aromatic nitrogens is 3. The molecule has 11 heteroatoms. The summed E-state index contributed by atoms with van der Waals surface area (Å²) in [4.78, 5) is 24.8. The van der Waals surface area contributed by atoms with Crippen molar-refractivity contribution in [2.75, 3.05) is 40.5 Å². The number of carbonyl (C=O) groups excluding carboxylic acids is 1. The number of likely N-dealkylation sites (tertiary alicyclic amines) is 1. The molecule has 42 heavy (non-hydrogen) atoms. The van der Waals surface area contributed by atoms with E-state index in [0.29, 0.717) is 52.5 Å². The molecule has 2 aliphatic heterocycles. The number of methoxy groups -OCH3 is 1. The van der Waals surface area contributed by atoms with Crippen LogP contribution in [0.5, 0.6) is 5.88 Å². The van der Waals surface area contributed by atoms with Gasteiger partial charge in [-0.05, 0) is 37.3 Å². The lowest BCUT2D eigenvalue weighted by molar-refractivity contribution is 0.0400. The number of pyridine rings is 2. The molecule has 2 aliphatic rings. The molecule has 3 aromatic heterocycles. The summed E-state index contributed by atoms with van der Waals surface area (Å²) in [5, 5.41) is 2.11. The number of ether oxygens (including phenoxy) is 2. The highest BCUT2D eigenvalue weighted by Crippen LogP contribution is 2.44. The molecule has 0 aliphatic carbocycles. The van der Waals surface area contributed by atoms with Crippen molar-refractivity contribution in [3.63, 3.8) is 0 Å². The molecule has 0 bridgehead atoms. The number of hydrogen-bond donors (Lipinski definition) is 2. The van der Waals surface area contributed by atoms with Gasteiger partial charge in [0, 0.05) is 43.9 Å². The first kappa shape index (κ1) is 27.9. The normalized spacial score (nSPS) is 17.7. The third-order valence-corrected chi connectivity index (χ3v) is 8.30. The van der Waals surface area contributed by atoms with Crippen LogP contribution in [-0.2, 0) is 4.74 Å². The van der Waals surface area contributed by atoms with Crippen molar-refractivity contribution in [2.45, 2.75) is 32.0 Å². The fourth-order valence-corrected chi connectivity index (χ4v) is 6.41. The zero-order valence-corrected chi connectivity index (χ0v) is 24.1. The van der Waals surface area contributed by atoms with Crippen LogP contribution in [0.15, 0.2) is 54.5 Å². The molecular weight excluding hydrogens is 537 g/mol. The van der Waals surface area contributed by atoms with E-state index in [9.17, 15) is 9.18 Å². The minimum Gasteiger partial charge on any atom is -0.480 e. The van der Waals surface area contributed by atoms with Crippen molar-refractivity contribution in [3.8, 4) is 5.88 Å². The van der Waals surface area contributed by atoms with E-state index in [2.05, 4.69) is 21.7 Å². The number of hydrazine groups is 1. The smallest absolute Gasteiger partial charge is 0.257 e. The lowest BCUT2D eigenvalue weighted by atomic mass is 9.86. The van der Waals surface area contributed by atoms with Crippen molar-refractivity contribution < 1.29 is 18.7 Å². The first-order chi connectivity index (χ1) is 20.3. The molecule has 6 rings (SSSR count). The zero-order valence-electron chi connectivity index (χ0n) is 24.1.